The molecule has 71 heavy (non-hydrogen) atoms. The summed E-state index contributed by atoms with van der Waals surface area (Å²) in [6.45, 7) is 6.61. The molecule has 1 unspecified atom stereocenters. The first-order valence-electron chi connectivity index (χ1n) is 31.5. The summed E-state index contributed by atoms with van der Waals surface area (Å²) in [5, 5.41) is 0. The van der Waals surface area contributed by atoms with Crippen molar-refractivity contribution in [3.8, 4) is 0 Å². The van der Waals surface area contributed by atoms with Crippen molar-refractivity contribution >= 4 is 17.9 Å². The molecule has 0 heterocycles. The molecule has 0 rings (SSSR count). The van der Waals surface area contributed by atoms with Crippen molar-refractivity contribution in [2.75, 3.05) is 13.2 Å². The highest BCUT2D eigenvalue weighted by Crippen LogP contribution is 2.17. The molecule has 0 aliphatic heterocycles. The maximum absolute atomic E-state index is 12.8. The van der Waals surface area contributed by atoms with Gasteiger partial charge in [0.05, 0.1) is 0 Å². The third-order valence-electron chi connectivity index (χ3n) is 14.1. The molecular formula is C65H120O6. The van der Waals surface area contributed by atoms with E-state index in [1.54, 1.807) is 0 Å². The number of hydrogen-bond donors (Lipinski definition) is 0. The Morgan fingerprint density at radius 2 is 0.535 bits per heavy atom. The van der Waals surface area contributed by atoms with E-state index in [4.69, 9.17) is 14.2 Å². The molecule has 0 aromatic carbocycles. The molecule has 0 aliphatic rings. The van der Waals surface area contributed by atoms with Gasteiger partial charge in [0, 0.05) is 19.3 Å². The zero-order valence-electron chi connectivity index (χ0n) is 47.8. The lowest BCUT2D eigenvalue weighted by Gasteiger charge is -2.18. The summed E-state index contributed by atoms with van der Waals surface area (Å²) in [5.41, 5.74) is 0. The van der Waals surface area contributed by atoms with Crippen molar-refractivity contribution < 1.29 is 28.6 Å². The van der Waals surface area contributed by atoms with Gasteiger partial charge in [0.25, 0.3) is 0 Å². The van der Waals surface area contributed by atoms with E-state index in [2.05, 4.69) is 57.2 Å². The number of unbranched alkanes of at least 4 members (excludes halogenated alkanes) is 41. The molecular weight excluding hydrogens is 877 g/mol. The molecule has 0 amide bonds. The molecule has 0 bridgehead atoms. The normalized spacial score (nSPS) is 12.2. The van der Waals surface area contributed by atoms with Crippen LogP contribution < -0.4 is 0 Å². The van der Waals surface area contributed by atoms with Gasteiger partial charge >= 0.3 is 17.9 Å². The van der Waals surface area contributed by atoms with E-state index >= 15 is 0 Å². The van der Waals surface area contributed by atoms with E-state index in [0.717, 1.165) is 77.0 Å². The second-order valence-electron chi connectivity index (χ2n) is 21.3. The summed E-state index contributed by atoms with van der Waals surface area (Å²) in [4.78, 5) is 38.1. The lowest BCUT2D eigenvalue weighted by atomic mass is 10.0. The van der Waals surface area contributed by atoms with Crippen LogP contribution in [0.3, 0.4) is 0 Å². The fourth-order valence-corrected chi connectivity index (χ4v) is 9.36. The summed E-state index contributed by atoms with van der Waals surface area (Å²) in [6, 6.07) is 0. The maximum atomic E-state index is 12.8. The number of rotatable bonds is 58. The Morgan fingerprint density at radius 1 is 0.282 bits per heavy atom. The minimum Gasteiger partial charge on any atom is -0.462 e. The highest BCUT2D eigenvalue weighted by molar-refractivity contribution is 5.71. The van der Waals surface area contributed by atoms with Gasteiger partial charge in [-0.25, -0.2) is 0 Å². The molecule has 6 nitrogen and oxygen atoms in total. The second-order valence-corrected chi connectivity index (χ2v) is 21.3. The van der Waals surface area contributed by atoms with Crippen LogP contribution in [0.4, 0.5) is 0 Å². The third-order valence-corrected chi connectivity index (χ3v) is 14.1. The fourth-order valence-electron chi connectivity index (χ4n) is 9.36. The van der Waals surface area contributed by atoms with Crippen molar-refractivity contribution in [2.45, 2.75) is 348 Å². The zero-order chi connectivity index (χ0) is 51.4. The topological polar surface area (TPSA) is 78.9 Å². The molecule has 0 aromatic heterocycles. The van der Waals surface area contributed by atoms with Gasteiger partial charge in [-0.15, -0.1) is 0 Å². The van der Waals surface area contributed by atoms with Crippen LogP contribution in [0, 0.1) is 0 Å². The molecule has 0 spiro atoms. The Hall–Kier alpha value is -2.37. The fraction of sp³-hybridized carbons (Fsp3) is 0.862. The first-order valence-corrected chi connectivity index (χ1v) is 31.5. The van der Waals surface area contributed by atoms with Gasteiger partial charge in [0.1, 0.15) is 13.2 Å². The van der Waals surface area contributed by atoms with Crippen LogP contribution in [-0.4, -0.2) is 37.2 Å². The van der Waals surface area contributed by atoms with E-state index in [1.165, 1.54) is 225 Å². The number of esters is 3. The predicted octanol–water partition coefficient (Wildman–Crippen LogP) is 21.2. The van der Waals surface area contributed by atoms with E-state index in [9.17, 15) is 14.4 Å². The molecule has 0 radical (unpaired) electrons. The Balaban J connectivity index is 4.09. The van der Waals surface area contributed by atoms with Gasteiger partial charge in [-0.2, -0.15) is 0 Å². The van der Waals surface area contributed by atoms with Crippen LogP contribution in [0.25, 0.3) is 0 Å². The number of hydrogen-bond acceptors (Lipinski definition) is 6. The molecule has 6 heteroatoms. The van der Waals surface area contributed by atoms with E-state index in [1.807, 2.05) is 0 Å². The van der Waals surface area contributed by atoms with Crippen LogP contribution in [0.2, 0.25) is 0 Å². The third kappa shape index (κ3) is 58.4. The SMILES string of the molecule is CCC/C=C\CCCCCCCC(=O)OCC(COC(=O)CCCCCCCCCCCCCCCCCCC/C=C\C/C=C\CCCCCCC)OC(=O)CCCCCCCCCCCCCCCC. The number of allylic oxidation sites excluding steroid dienone is 6. The lowest BCUT2D eigenvalue weighted by molar-refractivity contribution is -0.167. The van der Waals surface area contributed by atoms with Gasteiger partial charge in [0.2, 0.25) is 0 Å². The molecule has 1 atom stereocenters. The summed E-state index contributed by atoms with van der Waals surface area (Å²) >= 11 is 0. The van der Waals surface area contributed by atoms with Crippen molar-refractivity contribution in [1.82, 2.24) is 0 Å². The minimum atomic E-state index is -0.770. The largest absolute Gasteiger partial charge is 0.462 e. The average Bonchev–Trinajstić information content (AvgIpc) is 3.37. The van der Waals surface area contributed by atoms with Gasteiger partial charge in [-0.3, -0.25) is 14.4 Å². The van der Waals surface area contributed by atoms with Gasteiger partial charge in [-0.05, 0) is 70.6 Å². The van der Waals surface area contributed by atoms with E-state index < -0.39 is 6.10 Å². The highest BCUT2D eigenvalue weighted by Gasteiger charge is 2.19. The number of carbonyl (C=O) groups excluding carboxylic acids is 3. The highest BCUT2D eigenvalue weighted by atomic mass is 16.6. The van der Waals surface area contributed by atoms with Crippen molar-refractivity contribution in [3.63, 3.8) is 0 Å². The zero-order valence-corrected chi connectivity index (χ0v) is 47.8. The molecule has 0 aliphatic carbocycles. The molecule has 416 valence electrons. The van der Waals surface area contributed by atoms with Crippen LogP contribution in [-0.2, 0) is 28.6 Å². The maximum Gasteiger partial charge on any atom is 0.306 e. The van der Waals surface area contributed by atoms with Crippen molar-refractivity contribution in [3.05, 3.63) is 36.5 Å². The Labute approximate surface area is 442 Å². The average molecular weight is 998 g/mol. The van der Waals surface area contributed by atoms with Gasteiger partial charge < -0.3 is 14.2 Å². The Bertz CT molecular complexity index is 1190. The summed E-state index contributed by atoms with van der Waals surface area (Å²) < 4.78 is 16.9. The van der Waals surface area contributed by atoms with Crippen LogP contribution in [0.15, 0.2) is 36.5 Å². The predicted molar refractivity (Wildman–Crippen MR) is 307 cm³/mol. The summed E-state index contributed by atoms with van der Waals surface area (Å²) in [7, 11) is 0. The molecule has 0 fully saturated rings. The van der Waals surface area contributed by atoms with Crippen LogP contribution in [0.5, 0.6) is 0 Å². The number of carbonyl (C=O) groups is 3. The minimum absolute atomic E-state index is 0.0698. The van der Waals surface area contributed by atoms with Crippen molar-refractivity contribution in [1.29, 1.82) is 0 Å². The standard InChI is InChI=1S/C65H120O6/c1-4-7-10-13-16-19-22-24-26-27-28-29-30-31-32-33-34-35-36-37-38-39-40-42-43-46-49-52-55-58-64(67)70-61-62(60-69-63(66)57-54-51-48-45-21-18-15-12-9-6-3)71-65(68)59-56-53-50-47-44-41-25-23-20-17-14-11-8-5-2/h12,15,22,24,27-28,62H,4-11,13-14,16-21,23,25-26,29-61H2,1-3H3/b15-12-,24-22-,28-27-. The lowest BCUT2D eigenvalue weighted by Crippen LogP contribution is -2.30. The Kier molecular flexibility index (Phi) is 58.2. The first-order chi connectivity index (χ1) is 35.0. The molecule has 0 aromatic rings. The van der Waals surface area contributed by atoms with Gasteiger partial charge in [0.15, 0.2) is 6.10 Å². The monoisotopic (exact) mass is 997 g/mol. The van der Waals surface area contributed by atoms with Crippen LogP contribution in [0.1, 0.15) is 342 Å². The quantitative estimate of drug-likeness (QED) is 0.0261. The van der Waals surface area contributed by atoms with Crippen molar-refractivity contribution in [2.24, 2.45) is 0 Å². The van der Waals surface area contributed by atoms with E-state index in [-0.39, 0.29) is 31.1 Å². The smallest absolute Gasteiger partial charge is 0.306 e. The molecule has 0 N–H and O–H groups in total. The molecule has 0 saturated carbocycles. The van der Waals surface area contributed by atoms with E-state index in [0.29, 0.717) is 19.3 Å². The van der Waals surface area contributed by atoms with Gasteiger partial charge in [-0.1, -0.05) is 288 Å². The second kappa shape index (κ2) is 60.2. The van der Waals surface area contributed by atoms with Crippen LogP contribution >= 0.6 is 0 Å². The molecule has 0 saturated heterocycles. The number of ether oxygens (including phenoxy) is 3. The summed E-state index contributed by atoms with van der Waals surface area (Å²) in [5.74, 6) is -0.861. The Morgan fingerprint density at radius 3 is 0.845 bits per heavy atom. The summed E-state index contributed by atoms with van der Waals surface area (Å²) in [6.07, 6.45) is 73.1. The first kappa shape index (κ1) is 68.6.